The molecule has 2 amide bonds. The van der Waals surface area contributed by atoms with Gasteiger partial charge >= 0.3 is 0 Å². The third-order valence-electron chi connectivity index (χ3n) is 5.69. The number of benzene rings is 2. The number of furan rings is 1. The predicted octanol–water partition coefficient (Wildman–Crippen LogP) is 3.22. The molecule has 1 aliphatic rings. The highest BCUT2D eigenvalue weighted by molar-refractivity contribution is 5.96. The Hall–Kier alpha value is -3.56. The average molecular weight is 468 g/mol. The molecule has 2 heterocycles. The van der Waals surface area contributed by atoms with Crippen molar-refractivity contribution >= 4 is 22.8 Å². The maximum absolute atomic E-state index is 12.6. The Morgan fingerprint density at radius 3 is 2.53 bits per heavy atom. The number of amides is 2. The number of nitrogens with zero attached hydrogens (tertiary/aromatic N) is 1. The number of fused-ring (bicyclic) bond motifs is 1. The highest BCUT2D eigenvalue weighted by atomic mass is 16.5. The molecule has 3 aromatic rings. The van der Waals surface area contributed by atoms with Crippen LogP contribution >= 0.6 is 0 Å². The first kappa shape index (κ1) is 23.6. The summed E-state index contributed by atoms with van der Waals surface area (Å²) in [6.07, 6.45) is 2.20. The van der Waals surface area contributed by atoms with Gasteiger partial charge in [-0.2, -0.15) is 0 Å². The number of carbonyl (C=O) groups excluding carboxylic acids is 2. The predicted molar refractivity (Wildman–Crippen MR) is 126 cm³/mol. The number of nitrogens with one attached hydrogen (secondary N) is 2. The van der Waals surface area contributed by atoms with Gasteiger partial charge in [-0.25, -0.2) is 5.48 Å². The highest BCUT2D eigenvalue weighted by Gasteiger charge is 2.15. The maximum Gasteiger partial charge on any atom is 0.287 e. The van der Waals surface area contributed by atoms with Gasteiger partial charge in [0.15, 0.2) is 5.76 Å². The van der Waals surface area contributed by atoms with Gasteiger partial charge in [0.25, 0.3) is 11.8 Å². The second kappa shape index (κ2) is 11.0. The molecule has 34 heavy (non-hydrogen) atoms. The Morgan fingerprint density at radius 1 is 1.06 bits per heavy atom. The zero-order valence-electron chi connectivity index (χ0n) is 19.1. The summed E-state index contributed by atoms with van der Waals surface area (Å²) in [5.74, 6) is 0.577. The average Bonchev–Trinajstić information content (AvgIpc) is 3.52. The molecule has 0 spiro atoms. The van der Waals surface area contributed by atoms with Gasteiger partial charge in [0.1, 0.15) is 29.8 Å². The summed E-state index contributed by atoms with van der Waals surface area (Å²) < 4.78 is 17.3. The van der Waals surface area contributed by atoms with E-state index in [2.05, 4.69) is 10.2 Å². The standard InChI is InChI=1S/C25H29N3O6/c1-17(33-20-6-4-18(5-7-20)24(29)27-31)16-26-25(30)23-15-19-14-21(8-9-22(19)34-23)32-13-12-28-10-2-3-11-28/h4-9,14-15,17,31H,2-3,10-13,16H2,1H3,(H,26,30)(H,27,29)/t17-/m1/s1. The minimum atomic E-state index is -0.599. The first-order chi connectivity index (χ1) is 16.5. The Kier molecular flexibility index (Phi) is 7.66. The second-order valence-corrected chi connectivity index (χ2v) is 8.31. The van der Waals surface area contributed by atoms with Crippen molar-refractivity contribution in [1.29, 1.82) is 0 Å². The van der Waals surface area contributed by atoms with E-state index in [4.69, 9.17) is 19.1 Å². The molecule has 0 bridgehead atoms. The zero-order valence-corrected chi connectivity index (χ0v) is 19.1. The van der Waals surface area contributed by atoms with Crippen LogP contribution in [0.2, 0.25) is 0 Å². The van der Waals surface area contributed by atoms with E-state index in [-0.39, 0.29) is 24.3 Å². The van der Waals surface area contributed by atoms with Gasteiger partial charge in [-0.1, -0.05) is 0 Å². The SMILES string of the molecule is C[C@H](CNC(=O)c1cc2cc(OCCN3CCCC3)ccc2o1)Oc1ccc(C(=O)NO)cc1. The molecule has 2 aromatic carbocycles. The molecule has 9 nitrogen and oxygen atoms in total. The van der Waals surface area contributed by atoms with E-state index in [1.807, 2.05) is 25.1 Å². The maximum atomic E-state index is 12.6. The lowest BCUT2D eigenvalue weighted by Gasteiger charge is -2.15. The van der Waals surface area contributed by atoms with Crippen LogP contribution in [0.4, 0.5) is 0 Å². The lowest BCUT2D eigenvalue weighted by atomic mass is 10.2. The van der Waals surface area contributed by atoms with Gasteiger partial charge in [-0.05, 0) is 81.4 Å². The fourth-order valence-corrected chi connectivity index (χ4v) is 3.87. The van der Waals surface area contributed by atoms with Crippen molar-refractivity contribution in [3.63, 3.8) is 0 Å². The molecule has 0 radical (unpaired) electrons. The number of carbonyl (C=O) groups is 2. The largest absolute Gasteiger partial charge is 0.492 e. The Labute approximate surface area is 197 Å². The summed E-state index contributed by atoms with van der Waals surface area (Å²) >= 11 is 0. The summed E-state index contributed by atoms with van der Waals surface area (Å²) in [6, 6.07) is 13.5. The van der Waals surface area contributed by atoms with Crippen molar-refractivity contribution in [2.45, 2.75) is 25.9 Å². The van der Waals surface area contributed by atoms with E-state index < -0.39 is 5.91 Å². The highest BCUT2D eigenvalue weighted by Crippen LogP contribution is 2.24. The van der Waals surface area contributed by atoms with Crippen molar-refractivity contribution in [3.8, 4) is 11.5 Å². The lowest BCUT2D eigenvalue weighted by molar-refractivity contribution is 0.0706. The monoisotopic (exact) mass is 467 g/mol. The second-order valence-electron chi connectivity index (χ2n) is 8.31. The van der Waals surface area contributed by atoms with Crippen LogP contribution < -0.4 is 20.3 Å². The Morgan fingerprint density at radius 2 is 1.79 bits per heavy atom. The number of hydrogen-bond donors (Lipinski definition) is 3. The van der Waals surface area contributed by atoms with Crippen LogP contribution in [-0.2, 0) is 0 Å². The van der Waals surface area contributed by atoms with Gasteiger partial charge < -0.3 is 19.2 Å². The Bertz CT molecular complexity index is 1120. The number of likely N-dealkylation sites (tertiary alicyclic amines) is 1. The quantitative estimate of drug-likeness (QED) is 0.310. The van der Waals surface area contributed by atoms with Crippen molar-refractivity contribution in [1.82, 2.24) is 15.7 Å². The molecular formula is C25H29N3O6. The van der Waals surface area contributed by atoms with Crippen LogP contribution in [0.3, 0.4) is 0 Å². The van der Waals surface area contributed by atoms with Gasteiger partial charge in [-0.15, -0.1) is 0 Å². The van der Waals surface area contributed by atoms with Crippen LogP contribution in [0.5, 0.6) is 11.5 Å². The minimum absolute atomic E-state index is 0.218. The number of hydroxylamine groups is 1. The topological polar surface area (TPSA) is 113 Å². The van der Waals surface area contributed by atoms with Crippen LogP contribution in [0.25, 0.3) is 11.0 Å². The van der Waals surface area contributed by atoms with Gasteiger partial charge in [0.2, 0.25) is 0 Å². The lowest BCUT2D eigenvalue weighted by Crippen LogP contribution is -2.33. The summed E-state index contributed by atoms with van der Waals surface area (Å²) in [5, 5.41) is 12.3. The molecule has 1 saturated heterocycles. The summed E-state index contributed by atoms with van der Waals surface area (Å²) in [6.45, 7) is 5.91. The van der Waals surface area contributed by atoms with Crippen molar-refractivity contribution in [3.05, 3.63) is 59.9 Å². The molecular weight excluding hydrogens is 438 g/mol. The van der Waals surface area contributed by atoms with Crippen molar-refractivity contribution < 1.29 is 28.7 Å². The van der Waals surface area contributed by atoms with Crippen molar-refractivity contribution in [2.75, 3.05) is 32.8 Å². The third-order valence-corrected chi connectivity index (χ3v) is 5.69. The fraction of sp³-hybridized carbons (Fsp3) is 0.360. The van der Waals surface area contributed by atoms with E-state index in [1.165, 1.54) is 25.0 Å². The summed E-state index contributed by atoms with van der Waals surface area (Å²) in [4.78, 5) is 26.3. The zero-order chi connectivity index (χ0) is 23.9. The first-order valence-electron chi connectivity index (χ1n) is 11.4. The van der Waals surface area contributed by atoms with Crippen LogP contribution in [0, 0.1) is 0 Å². The number of rotatable bonds is 10. The summed E-state index contributed by atoms with van der Waals surface area (Å²) in [5.41, 5.74) is 2.50. The van der Waals surface area contributed by atoms with Crippen LogP contribution in [0.15, 0.2) is 52.9 Å². The molecule has 4 rings (SSSR count). The smallest absolute Gasteiger partial charge is 0.287 e. The third kappa shape index (κ3) is 6.06. The Balaban J connectivity index is 1.26. The van der Waals surface area contributed by atoms with Crippen LogP contribution in [0.1, 0.15) is 40.7 Å². The number of ether oxygens (including phenoxy) is 2. The van der Waals surface area contributed by atoms with E-state index in [0.717, 1.165) is 30.8 Å². The van der Waals surface area contributed by atoms with Crippen LogP contribution in [-0.4, -0.2) is 60.8 Å². The minimum Gasteiger partial charge on any atom is -0.492 e. The van der Waals surface area contributed by atoms with E-state index in [9.17, 15) is 9.59 Å². The molecule has 3 N–H and O–H groups in total. The normalized spacial score (nSPS) is 14.6. The molecule has 1 fully saturated rings. The molecule has 0 saturated carbocycles. The van der Waals surface area contributed by atoms with Gasteiger partial charge in [-0.3, -0.25) is 19.7 Å². The first-order valence-corrected chi connectivity index (χ1v) is 11.4. The van der Waals surface area contributed by atoms with Gasteiger partial charge in [0, 0.05) is 17.5 Å². The van der Waals surface area contributed by atoms with E-state index >= 15 is 0 Å². The van der Waals surface area contributed by atoms with E-state index in [1.54, 1.807) is 23.7 Å². The summed E-state index contributed by atoms with van der Waals surface area (Å²) in [7, 11) is 0. The van der Waals surface area contributed by atoms with Gasteiger partial charge in [0.05, 0.1) is 6.54 Å². The molecule has 1 aliphatic heterocycles. The fourth-order valence-electron chi connectivity index (χ4n) is 3.87. The number of hydrogen-bond acceptors (Lipinski definition) is 7. The molecule has 1 aromatic heterocycles. The molecule has 9 heteroatoms. The van der Waals surface area contributed by atoms with Crippen molar-refractivity contribution in [2.24, 2.45) is 0 Å². The molecule has 0 unspecified atom stereocenters. The molecule has 0 aliphatic carbocycles. The molecule has 1 atom stereocenters. The van der Waals surface area contributed by atoms with E-state index in [0.29, 0.717) is 23.5 Å². The molecule has 180 valence electrons.